The highest BCUT2D eigenvalue weighted by Gasteiger charge is 2.27. The minimum atomic E-state index is -1.19. The van der Waals surface area contributed by atoms with Crippen molar-refractivity contribution in [3.05, 3.63) is 47.3 Å². The number of hydrogen-bond acceptors (Lipinski definition) is 3. The van der Waals surface area contributed by atoms with E-state index in [9.17, 15) is 9.50 Å². The van der Waals surface area contributed by atoms with Gasteiger partial charge < -0.3 is 5.11 Å². The molecular formula is C15H20FN3O. The summed E-state index contributed by atoms with van der Waals surface area (Å²) in [6.45, 7) is 7.36. The Kier molecular flexibility index (Phi) is 3.90. The van der Waals surface area contributed by atoms with E-state index in [4.69, 9.17) is 0 Å². The van der Waals surface area contributed by atoms with E-state index in [-0.39, 0.29) is 18.3 Å². The standard InChI is InChI=1S/C15H20FN3O/c1-10(2)19-14(17-9-18-19)8-15(4,20)12-6-5-11(3)13(16)7-12/h5-7,9-10,20H,8H2,1-4H3. The Morgan fingerprint density at radius 2 is 2.10 bits per heavy atom. The van der Waals surface area contributed by atoms with Gasteiger partial charge in [-0.05, 0) is 44.9 Å². The van der Waals surface area contributed by atoms with Gasteiger partial charge in [0.25, 0.3) is 0 Å². The number of hydrogen-bond donors (Lipinski definition) is 1. The molecule has 2 rings (SSSR count). The van der Waals surface area contributed by atoms with Crippen molar-refractivity contribution in [2.45, 2.75) is 45.8 Å². The molecule has 20 heavy (non-hydrogen) atoms. The predicted molar refractivity (Wildman–Crippen MR) is 74.8 cm³/mol. The second-order valence-corrected chi connectivity index (χ2v) is 5.63. The maximum absolute atomic E-state index is 13.7. The van der Waals surface area contributed by atoms with Crippen LogP contribution in [0.15, 0.2) is 24.5 Å². The molecular weight excluding hydrogens is 257 g/mol. The van der Waals surface area contributed by atoms with Gasteiger partial charge in [-0.3, -0.25) is 0 Å². The smallest absolute Gasteiger partial charge is 0.138 e. The van der Waals surface area contributed by atoms with E-state index >= 15 is 0 Å². The lowest BCUT2D eigenvalue weighted by Crippen LogP contribution is -2.27. The second-order valence-electron chi connectivity index (χ2n) is 5.63. The summed E-state index contributed by atoms with van der Waals surface area (Å²) in [4.78, 5) is 4.19. The van der Waals surface area contributed by atoms with Gasteiger partial charge in [0.05, 0.1) is 5.60 Å². The highest BCUT2D eigenvalue weighted by molar-refractivity contribution is 5.28. The lowest BCUT2D eigenvalue weighted by Gasteiger charge is -2.24. The third kappa shape index (κ3) is 2.88. The molecule has 1 unspecified atom stereocenters. The van der Waals surface area contributed by atoms with E-state index in [1.807, 2.05) is 13.8 Å². The van der Waals surface area contributed by atoms with Crippen LogP contribution in [0.25, 0.3) is 0 Å². The first kappa shape index (κ1) is 14.7. The highest BCUT2D eigenvalue weighted by atomic mass is 19.1. The van der Waals surface area contributed by atoms with Crippen molar-refractivity contribution in [2.24, 2.45) is 0 Å². The molecule has 0 fully saturated rings. The summed E-state index contributed by atoms with van der Waals surface area (Å²) in [5, 5.41) is 14.8. The molecule has 1 heterocycles. The zero-order chi connectivity index (χ0) is 14.9. The van der Waals surface area contributed by atoms with Crippen LogP contribution in [-0.2, 0) is 12.0 Å². The molecule has 108 valence electrons. The maximum atomic E-state index is 13.7. The number of rotatable bonds is 4. The molecule has 1 aromatic heterocycles. The summed E-state index contributed by atoms with van der Waals surface area (Å²) in [6.07, 6.45) is 1.76. The topological polar surface area (TPSA) is 50.9 Å². The molecule has 1 N–H and O–H groups in total. The summed E-state index contributed by atoms with van der Waals surface area (Å²) < 4.78 is 15.4. The van der Waals surface area contributed by atoms with Gasteiger partial charge in [0.2, 0.25) is 0 Å². The molecule has 0 spiro atoms. The van der Waals surface area contributed by atoms with Crippen LogP contribution in [-0.4, -0.2) is 19.9 Å². The van der Waals surface area contributed by atoms with Gasteiger partial charge in [0, 0.05) is 12.5 Å². The molecule has 0 saturated carbocycles. The number of benzene rings is 1. The van der Waals surface area contributed by atoms with Crippen molar-refractivity contribution in [2.75, 3.05) is 0 Å². The van der Waals surface area contributed by atoms with Crippen LogP contribution in [0.2, 0.25) is 0 Å². The first-order valence-electron chi connectivity index (χ1n) is 6.68. The zero-order valence-electron chi connectivity index (χ0n) is 12.3. The molecule has 1 aromatic carbocycles. The first-order chi connectivity index (χ1) is 9.31. The van der Waals surface area contributed by atoms with Crippen molar-refractivity contribution < 1.29 is 9.50 Å². The maximum Gasteiger partial charge on any atom is 0.138 e. The van der Waals surface area contributed by atoms with Gasteiger partial charge >= 0.3 is 0 Å². The van der Waals surface area contributed by atoms with E-state index in [2.05, 4.69) is 10.1 Å². The Labute approximate surface area is 118 Å². The number of halogens is 1. The zero-order valence-corrected chi connectivity index (χ0v) is 12.3. The average Bonchev–Trinajstić information content (AvgIpc) is 2.80. The number of nitrogens with zero attached hydrogens (tertiary/aromatic N) is 3. The first-order valence-corrected chi connectivity index (χ1v) is 6.68. The lowest BCUT2D eigenvalue weighted by molar-refractivity contribution is 0.0536. The molecule has 2 aromatic rings. The van der Waals surface area contributed by atoms with Crippen LogP contribution in [0.1, 0.15) is 43.8 Å². The molecule has 4 nitrogen and oxygen atoms in total. The van der Waals surface area contributed by atoms with Crippen molar-refractivity contribution in [3.8, 4) is 0 Å². The third-order valence-corrected chi connectivity index (χ3v) is 3.43. The Morgan fingerprint density at radius 3 is 2.70 bits per heavy atom. The molecule has 0 aliphatic rings. The third-order valence-electron chi connectivity index (χ3n) is 3.43. The molecule has 0 radical (unpaired) electrons. The molecule has 0 saturated heterocycles. The molecule has 0 aliphatic carbocycles. The monoisotopic (exact) mass is 277 g/mol. The lowest BCUT2D eigenvalue weighted by atomic mass is 9.91. The number of aromatic nitrogens is 3. The van der Waals surface area contributed by atoms with E-state index in [0.717, 1.165) is 0 Å². The van der Waals surface area contributed by atoms with Gasteiger partial charge in [0.15, 0.2) is 0 Å². The van der Waals surface area contributed by atoms with Gasteiger partial charge in [-0.1, -0.05) is 12.1 Å². The van der Waals surface area contributed by atoms with Crippen molar-refractivity contribution in [3.63, 3.8) is 0 Å². The normalized spacial score (nSPS) is 14.6. The second kappa shape index (κ2) is 5.32. The van der Waals surface area contributed by atoms with Gasteiger partial charge in [-0.15, -0.1) is 0 Å². The van der Waals surface area contributed by atoms with Crippen LogP contribution >= 0.6 is 0 Å². The quantitative estimate of drug-likeness (QED) is 0.935. The van der Waals surface area contributed by atoms with Gasteiger partial charge in [0.1, 0.15) is 18.0 Å². The summed E-state index contributed by atoms with van der Waals surface area (Å²) in [7, 11) is 0. The van der Waals surface area contributed by atoms with Gasteiger partial charge in [-0.25, -0.2) is 14.1 Å². The SMILES string of the molecule is Cc1ccc(C(C)(O)Cc2ncnn2C(C)C)cc1F. The van der Waals surface area contributed by atoms with E-state index < -0.39 is 5.60 Å². The Morgan fingerprint density at radius 1 is 1.40 bits per heavy atom. The summed E-state index contributed by atoms with van der Waals surface area (Å²) in [6, 6.07) is 4.96. The fourth-order valence-corrected chi connectivity index (χ4v) is 2.17. The largest absolute Gasteiger partial charge is 0.385 e. The van der Waals surface area contributed by atoms with Crippen LogP contribution in [0.3, 0.4) is 0 Å². The van der Waals surface area contributed by atoms with Crippen LogP contribution < -0.4 is 0 Å². The fraction of sp³-hybridized carbons (Fsp3) is 0.467. The van der Waals surface area contributed by atoms with Crippen LogP contribution in [0, 0.1) is 12.7 Å². The predicted octanol–water partition coefficient (Wildman–Crippen LogP) is 2.76. The average molecular weight is 277 g/mol. The fourth-order valence-electron chi connectivity index (χ4n) is 2.17. The van der Waals surface area contributed by atoms with Crippen molar-refractivity contribution in [1.82, 2.24) is 14.8 Å². The van der Waals surface area contributed by atoms with Gasteiger partial charge in [-0.2, -0.15) is 5.10 Å². The highest BCUT2D eigenvalue weighted by Crippen LogP contribution is 2.26. The molecule has 0 amide bonds. The van der Waals surface area contributed by atoms with E-state index in [0.29, 0.717) is 17.0 Å². The molecule has 0 bridgehead atoms. The summed E-state index contributed by atoms with van der Waals surface area (Å²) >= 11 is 0. The molecule has 5 heteroatoms. The van der Waals surface area contributed by atoms with Crippen molar-refractivity contribution in [1.29, 1.82) is 0 Å². The number of aryl methyl sites for hydroxylation is 1. The minimum absolute atomic E-state index is 0.165. The van der Waals surface area contributed by atoms with Crippen molar-refractivity contribution >= 4 is 0 Å². The summed E-state index contributed by atoms with van der Waals surface area (Å²) in [5.41, 5.74) is -0.0809. The Balaban J connectivity index is 2.30. The summed E-state index contributed by atoms with van der Waals surface area (Å²) in [5.74, 6) is 0.374. The minimum Gasteiger partial charge on any atom is -0.385 e. The van der Waals surface area contributed by atoms with E-state index in [1.54, 1.807) is 30.7 Å². The molecule has 0 aliphatic heterocycles. The van der Waals surface area contributed by atoms with E-state index in [1.165, 1.54) is 12.4 Å². The van der Waals surface area contributed by atoms with Crippen LogP contribution in [0.4, 0.5) is 4.39 Å². The number of aliphatic hydroxyl groups is 1. The molecule has 1 atom stereocenters. The van der Waals surface area contributed by atoms with Crippen LogP contribution in [0.5, 0.6) is 0 Å². The Bertz CT molecular complexity index is 605. The Hall–Kier alpha value is -1.75.